The average Bonchev–Trinajstić information content (AvgIpc) is 2.10. The number of hydrogen-bond donors (Lipinski definition) is 2. The van der Waals surface area contributed by atoms with Crippen LogP contribution in [0.3, 0.4) is 0 Å². The molecule has 0 saturated heterocycles. The van der Waals surface area contributed by atoms with Crippen molar-refractivity contribution in [3.8, 4) is 5.88 Å². The van der Waals surface area contributed by atoms with Crippen LogP contribution in [0.1, 0.15) is 10.4 Å². The lowest BCUT2D eigenvalue weighted by atomic mass is 10.2. The Kier molecular flexibility index (Phi) is 2.88. The summed E-state index contributed by atoms with van der Waals surface area (Å²) < 4.78 is 51.4. The number of nitrogens with two attached hydrogens (primary N) is 1. The molecule has 0 aromatic carbocycles. The summed E-state index contributed by atoms with van der Waals surface area (Å²) >= 11 is 0. The van der Waals surface area contributed by atoms with Crippen LogP contribution in [0.25, 0.3) is 0 Å². The number of alkyl halides is 3. The van der Waals surface area contributed by atoms with E-state index in [-0.39, 0.29) is 0 Å². The first kappa shape index (κ1) is 12.0. The number of carboxylic acids is 1. The minimum Gasteiger partial charge on any atom is -0.478 e. The lowest BCUT2D eigenvalue weighted by molar-refractivity contribution is -0.277. The van der Waals surface area contributed by atoms with Crippen molar-refractivity contribution in [2.45, 2.75) is 6.36 Å². The summed E-state index contributed by atoms with van der Waals surface area (Å²) in [4.78, 5) is 13.3. The summed E-state index contributed by atoms with van der Waals surface area (Å²) in [6, 6.07) is 0. The summed E-state index contributed by atoms with van der Waals surface area (Å²) in [5, 5.41) is 8.46. The fraction of sp³-hybridized carbons (Fsp3) is 0.143. The quantitative estimate of drug-likeness (QED) is 0.763. The smallest absolute Gasteiger partial charge is 0.478 e. The first-order valence-corrected chi connectivity index (χ1v) is 3.65. The highest BCUT2D eigenvalue weighted by atomic mass is 19.4. The fourth-order valence-electron chi connectivity index (χ4n) is 0.834. The van der Waals surface area contributed by atoms with E-state index in [0.717, 1.165) is 0 Å². The minimum atomic E-state index is -5.13. The lowest BCUT2D eigenvalue weighted by Crippen LogP contribution is -2.20. The molecule has 0 aliphatic heterocycles. The molecule has 0 atom stereocenters. The SMILES string of the molecule is Nc1c(C(=O)O)cnc(OC(F)(F)F)c1F. The van der Waals surface area contributed by atoms with Gasteiger partial charge in [-0.05, 0) is 0 Å². The van der Waals surface area contributed by atoms with Gasteiger partial charge in [-0.2, -0.15) is 4.39 Å². The zero-order valence-corrected chi connectivity index (χ0v) is 7.38. The highest BCUT2D eigenvalue weighted by molar-refractivity contribution is 5.93. The number of pyridine rings is 1. The largest absolute Gasteiger partial charge is 0.574 e. The molecule has 0 unspecified atom stereocenters. The van der Waals surface area contributed by atoms with E-state index in [1.807, 2.05) is 0 Å². The van der Waals surface area contributed by atoms with Gasteiger partial charge >= 0.3 is 12.3 Å². The number of ether oxygens (including phenoxy) is 1. The van der Waals surface area contributed by atoms with Gasteiger partial charge < -0.3 is 15.6 Å². The van der Waals surface area contributed by atoms with Crippen LogP contribution in [-0.4, -0.2) is 22.4 Å². The van der Waals surface area contributed by atoms with Gasteiger partial charge in [0.25, 0.3) is 5.88 Å². The van der Waals surface area contributed by atoms with Crippen molar-refractivity contribution in [1.29, 1.82) is 0 Å². The van der Waals surface area contributed by atoms with Gasteiger partial charge in [0.05, 0.1) is 5.69 Å². The summed E-state index contributed by atoms with van der Waals surface area (Å²) in [6.07, 6.45) is -4.66. The van der Waals surface area contributed by atoms with E-state index in [1.165, 1.54) is 0 Å². The second-order valence-corrected chi connectivity index (χ2v) is 2.56. The number of aromatic nitrogens is 1. The molecular formula is C7H4F4N2O3. The van der Waals surface area contributed by atoms with E-state index < -0.39 is 35.3 Å². The van der Waals surface area contributed by atoms with Gasteiger partial charge in [0, 0.05) is 6.20 Å². The van der Waals surface area contributed by atoms with Crippen LogP contribution in [0.4, 0.5) is 23.2 Å². The van der Waals surface area contributed by atoms with E-state index in [2.05, 4.69) is 9.72 Å². The van der Waals surface area contributed by atoms with E-state index in [1.54, 1.807) is 0 Å². The molecular weight excluding hydrogens is 236 g/mol. The second kappa shape index (κ2) is 3.83. The molecule has 1 aromatic heterocycles. The Labute approximate surface area is 85.5 Å². The van der Waals surface area contributed by atoms with Crippen molar-refractivity contribution in [2.24, 2.45) is 0 Å². The molecule has 1 rings (SSSR count). The summed E-state index contributed by atoms with van der Waals surface area (Å²) in [6.45, 7) is 0. The van der Waals surface area contributed by atoms with E-state index in [9.17, 15) is 22.4 Å². The molecule has 1 heterocycles. The zero-order chi connectivity index (χ0) is 12.5. The molecule has 0 radical (unpaired) electrons. The summed E-state index contributed by atoms with van der Waals surface area (Å²) in [5.41, 5.74) is 3.25. The number of rotatable bonds is 2. The Morgan fingerprint density at radius 3 is 2.50 bits per heavy atom. The molecule has 0 aliphatic rings. The second-order valence-electron chi connectivity index (χ2n) is 2.56. The van der Waals surface area contributed by atoms with Gasteiger partial charge in [-0.25, -0.2) is 9.78 Å². The Hall–Kier alpha value is -2.06. The zero-order valence-electron chi connectivity index (χ0n) is 7.38. The average molecular weight is 240 g/mol. The Balaban J connectivity index is 3.17. The number of aromatic carboxylic acids is 1. The van der Waals surface area contributed by atoms with Crippen molar-refractivity contribution in [3.63, 3.8) is 0 Å². The molecule has 88 valence electrons. The van der Waals surface area contributed by atoms with Crippen molar-refractivity contribution < 1.29 is 32.2 Å². The summed E-state index contributed by atoms with van der Waals surface area (Å²) in [5.74, 6) is -4.70. The molecule has 5 nitrogen and oxygen atoms in total. The number of halogens is 4. The van der Waals surface area contributed by atoms with Gasteiger partial charge in [0.15, 0.2) is 0 Å². The highest BCUT2D eigenvalue weighted by Gasteiger charge is 2.34. The Morgan fingerprint density at radius 2 is 2.06 bits per heavy atom. The maximum absolute atomic E-state index is 13.1. The third-order valence-corrected chi connectivity index (χ3v) is 1.47. The van der Waals surface area contributed by atoms with Crippen LogP contribution in [-0.2, 0) is 0 Å². The molecule has 0 amide bonds. The molecule has 0 bridgehead atoms. The van der Waals surface area contributed by atoms with Crippen LogP contribution in [0, 0.1) is 5.82 Å². The van der Waals surface area contributed by atoms with Crippen LogP contribution < -0.4 is 10.5 Å². The number of hydrogen-bond acceptors (Lipinski definition) is 4. The first-order valence-electron chi connectivity index (χ1n) is 3.65. The maximum Gasteiger partial charge on any atom is 0.574 e. The van der Waals surface area contributed by atoms with Crippen LogP contribution >= 0.6 is 0 Å². The lowest BCUT2D eigenvalue weighted by Gasteiger charge is -2.10. The van der Waals surface area contributed by atoms with Crippen molar-refractivity contribution in [1.82, 2.24) is 4.98 Å². The Morgan fingerprint density at radius 1 is 1.50 bits per heavy atom. The topological polar surface area (TPSA) is 85.4 Å². The van der Waals surface area contributed by atoms with E-state index in [0.29, 0.717) is 6.20 Å². The number of nitrogen functional groups attached to an aromatic ring is 1. The molecule has 0 fully saturated rings. The van der Waals surface area contributed by atoms with E-state index >= 15 is 0 Å². The molecule has 16 heavy (non-hydrogen) atoms. The third kappa shape index (κ3) is 2.49. The van der Waals surface area contributed by atoms with Crippen LogP contribution in [0.2, 0.25) is 0 Å². The summed E-state index contributed by atoms with van der Waals surface area (Å²) in [7, 11) is 0. The Bertz CT molecular complexity index is 432. The predicted molar refractivity (Wildman–Crippen MR) is 42.2 cm³/mol. The molecule has 0 saturated carbocycles. The number of nitrogens with zero attached hydrogens (tertiary/aromatic N) is 1. The molecule has 3 N–H and O–H groups in total. The standard InChI is InChI=1S/C7H4F4N2O3/c8-3-4(12)2(6(14)15)1-13-5(3)16-7(9,10)11/h1H,(H2,12,13)(H,14,15). The van der Waals surface area contributed by atoms with Gasteiger partial charge in [0.1, 0.15) is 5.56 Å². The number of carbonyl (C=O) groups is 1. The van der Waals surface area contributed by atoms with Crippen molar-refractivity contribution in [3.05, 3.63) is 17.6 Å². The van der Waals surface area contributed by atoms with Crippen LogP contribution in [0.15, 0.2) is 6.20 Å². The predicted octanol–water partition coefficient (Wildman–Crippen LogP) is 1.40. The van der Waals surface area contributed by atoms with Crippen molar-refractivity contribution >= 4 is 11.7 Å². The fourth-order valence-corrected chi connectivity index (χ4v) is 0.834. The first-order chi connectivity index (χ1) is 7.22. The van der Waals surface area contributed by atoms with Gasteiger partial charge in [0.2, 0.25) is 5.82 Å². The van der Waals surface area contributed by atoms with Gasteiger partial charge in [-0.3, -0.25) is 0 Å². The number of carboxylic acid groups (broad SMARTS) is 1. The molecule has 1 aromatic rings. The molecule has 9 heteroatoms. The number of anilines is 1. The van der Waals surface area contributed by atoms with Gasteiger partial charge in [-0.15, -0.1) is 13.2 Å². The maximum atomic E-state index is 13.1. The van der Waals surface area contributed by atoms with E-state index in [4.69, 9.17) is 10.8 Å². The highest BCUT2D eigenvalue weighted by Crippen LogP contribution is 2.28. The molecule has 0 spiro atoms. The third-order valence-electron chi connectivity index (χ3n) is 1.47. The van der Waals surface area contributed by atoms with Crippen molar-refractivity contribution in [2.75, 3.05) is 5.73 Å². The normalized spacial score (nSPS) is 11.2. The minimum absolute atomic E-state index is 0.474. The van der Waals surface area contributed by atoms with Gasteiger partial charge in [-0.1, -0.05) is 0 Å². The monoisotopic (exact) mass is 240 g/mol. The molecule has 0 aliphatic carbocycles. The van der Waals surface area contributed by atoms with Crippen LogP contribution in [0.5, 0.6) is 5.88 Å².